The molecule has 2 rings (SSSR count). The van der Waals surface area contributed by atoms with Crippen molar-refractivity contribution in [1.29, 1.82) is 0 Å². The molecule has 1 aromatic carbocycles. The number of halogens is 1. The third kappa shape index (κ3) is 5.12. The van der Waals surface area contributed by atoms with Crippen LogP contribution < -0.4 is 10.6 Å². The van der Waals surface area contributed by atoms with Gasteiger partial charge in [-0.1, -0.05) is 39.8 Å². The molecule has 0 aliphatic rings. The predicted molar refractivity (Wildman–Crippen MR) is 105 cm³/mol. The van der Waals surface area contributed by atoms with Gasteiger partial charge in [0.1, 0.15) is 6.04 Å². The number of hydrogen-bond acceptors (Lipinski definition) is 4. The third-order valence-electron chi connectivity index (χ3n) is 3.70. The van der Waals surface area contributed by atoms with Gasteiger partial charge in [-0.25, -0.2) is 4.98 Å². The van der Waals surface area contributed by atoms with Crippen LogP contribution in [0, 0.1) is 5.92 Å². The molecule has 25 heavy (non-hydrogen) atoms. The number of carbonyl (C=O) groups is 2. The zero-order chi connectivity index (χ0) is 18.6. The summed E-state index contributed by atoms with van der Waals surface area (Å²) in [6, 6.07) is 6.48. The van der Waals surface area contributed by atoms with E-state index in [-0.39, 0.29) is 17.7 Å². The number of hydrogen-bond donors (Lipinski definition) is 2. The highest BCUT2D eigenvalue weighted by Crippen LogP contribution is 2.22. The number of thiazole rings is 1. The van der Waals surface area contributed by atoms with Crippen LogP contribution in [0.3, 0.4) is 0 Å². The van der Waals surface area contributed by atoms with Crippen molar-refractivity contribution in [3.05, 3.63) is 45.4 Å². The summed E-state index contributed by atoms with van der Waals surface area (Å²) in [6.07, 6.45) is 0. The zero-order valence-electron chi connectivity index (χ0n) is 14.7. The molecule has 0 saturated heterocycles. The molecule has 1 heterocycles. The lowest BCUT2D eigenvalue weighted by atomic mass is 10.0. The van der Waals surface area contributed by atoms with Crippen LogP contribution >= 0.6 is 27.3 Å². The molecule has 2 amide bonds. The molecule has 0 unspecified atom stereocenters. The Morgan fingerprint density at radius 1 is 1.16 bits per heavy atom. The summed E-state index contributed by atoms with van der Waals surface area (Å²) in [6.45, 7) is 7.89. The minimum absolute atomic E-state index is 0.0593. The highest BCUT2D eigenvalue weighted by atomic mass is 79.9. The maximum atomic E-state index is 12.6. The fourth-order valence-corrected chi connectivity index (χ4v) is 3.53. The van der Waals surface area contributed by atoms with Crippen LogP contribution in [0.2, 0.25) is 0 Å². The van der Waals surface area contributed by atoms with Crippen molar-refractivity contribution in [2.75, 3.05) is 5.32 Å². The number of rotatable bonds is 6. The van der Waals surface area contributed by atoms with Crippen LogP contribution in [0.5, 0.6) is 0 Å². The number of carbonyl (C=O) groups excluding carboxylic acids is 2. The van der Waals surface area contributed by atoms with Gasteiger partial charge in [-0.2, -0.15) is 0 Å². The Hall–Kier alpha value is -1.73. The topological polar surface area (TPSA) is 71.1 Å². The fourth-order valence-electron chi connectivity index (χ4n) is 2.19. The summed E-state index contributed by atoms with van der Waals surface area (Å²) in [5, 5.41) is 8.12. The van der Waals surface area contributed by atoms with E-state index >= 15 is 0 Å². The first-order valence-corrected chi connectivity index (χ1v) is 9.78. The molecule has 0 aliphatic carbocycles. The van der Waals surface area contributed by atoms with Gasteiger partial charge in [0.25, 0.3) is 5.91 Å². The minimum Gasteiger partial charge on any atom is -0.340 e. The molecule has 5 nitrogen and oxygen atoms in total. The highest BCUT2D eigenvalue weighted by molar-refractivity contribution is 9.10. The van der Waals surface area contributed by atoms with Crippen molar-refractivity contribution in [2.45, 2.75) is 39.7 Å². The summed E-state index contributed by atoms with van der Waals surface area (Å²) >= 11 is 4.75. The number of anilines is 1. The van der Waals surface area contributed by atoms with Crippen molar-refractivity contribution in [2.24, 2.45) is 5.92 Å². The lowest BCUT2D eigenvalue weighted by Crippen LogP contribution is -2.47. The quantitative estimate of drug-likeness (QED) is 0.721. The molecule has 1 aromatic heterocycles. The first-order chi connectivity index (χ1) is 11.8. The molecule has 0 fully saturated rings. The molecular weight excluding hydrogens is 402 g/mol. The second-order valence-electron chi connectivity index (χ2n) is 6.40. The number of aromatic nitrogens is 1. The number of nitrogens with zero attached hydrogens (tertiary/aromatic N) is 1. The Kier molecular flexibility index (Phi) is 6.72. The molecule has 2 aromatic rings. The number of benzene rings is 1. The van der Waals surface area contributed by atoms with Crippen molar-refractivity contribution >= 4 is 44.2 Å². The Morgan fingerprint density at radius 3 is 2.40 bits per heavy atom. The molecule has 0 radical (unpaired) electrons. The average molecular weight is 424 g/mol. The Bertz CT molecular complexity index is 758. The monoisotopic (exact) mass is 423 g/mol. The first kappa shape index (κ1) is 19.6. The van der Waals surface area contributed by atoms with E-state index in [1.165, 1.54) is 11.3 Å². The van der Waals surface area contributed by atoms with Gasteiger partial charge in [-0.05, 0) is 39.9 Å². The van der Waals surface area contributed by atoms with Gasteiger partial charge >= 0.3 is 0 Å². The van der Waals surface area contributed by atoms with Crippen molar-refractivity contribution < 1.29 is 9.59 Å². The highest BCUT2D eigenvalue weighted by Gasteiger charge is 2.26. The molecular formula is C18H22BrN3O2S. The average Bonchev–Trinajstić information content (AvgIpc) is 3.01. The molecule has 0 aliphatic heterocycles. The minimum atomic E-state index is -0.647. The first-order valence-electron chi connectivity index (χ1n) is 8.11. The molecule has 0 saturated carbocycles. The molecule has 2 N–H and O–H groups in total. The molecule has 0 spiro atoms. The summed E-state index contributed by atoms with van der Waals surface area (Å²) in [5.41, 5.74) is 1.44. The third-order valence-corrected chi connectivity index (χ3v) is 5.17. The molecule has 7 heteroatoms. The van der Waals surface area contributed by atoms with Crippen molar-refractivity contribution in [3.8, 4) is 0 Å². The molecule has 134 valence electrons. The summed E-state index contributed by atoms with van der Waals surface area (Å²) in [5.74, 6) is -0.308. The zero-order valence-corrected chi connectivity index (χ0v) is 17.1. The lowest BCUT2D eigenvalue weighted by molar-refractivity contribution is -0.118. The van der Waals surface area contributed by atoms with Gasteiger partial charge in [-0.15, -0.1) is 11.3 Å². The van der Waals surface area contributed by atoms with E-state index in [0.717, 1.165) is 5.69 Å². The maximum absolute atomic E-state index is 12.6. The Labute approximate surface area is 160 Å². The van der Waals surface area contributed by atoms with Crippen LogP contribution in [-0.4, -0.2) is 22.8 Å². The SMILES string of the molecule is CC(C)c1csc(NC(=O)[C@@H](NC(=O)c2ccccc2Br)C(C)C)n1. The van der Waals surface area contributed by atoms with E-state index in [1.54, 1.807) is 18.2 Å². The van der Waals surface area contributed by atoms with Crippen LogP contribution in [0.15, 0.2) is 34.1 Å². The standard InChI is InChI=1S/C18H22BrN3O2S/c1-10(2)14-9-25-18(20-14)22-17(24)15(11(3)4)21-16(23)12-7-5-6-8-13(12)19/h5-11,15H,1-4H3,(H,21,23)(H,20,22,24)/t15-/m0/s1. The van der Waals surface area contributed by atoms with Gasteiger partial charge in [0.05, 0.1) is 11.3 Å². The Morgan fingerprint density at radius 2 is 1.84 bits per heavy atom. The summed E-state index contributed by atoms with van der Waals surface area (Å²) in [7, 11) is 0. The largest absolute Gasteiger partial charge is 0.340 e. The second-order valence-corrected chi connectivity index (χ2v) is 8.11. The van der Waals surface area contributed by atoms with Crippen molar-refractivity contribution in [1.82, 2.24) is 10.3 Å². The van der Waals surface area contributed by atoms with E-state index in [4.69, 9.17) is 0 Å². The van der Waals surface area contributed by atoms with Gasteiger partial charge in [-0.3, -0.25) is 9.59 Å². The predicted octanol–water partition coefficient (Wildman–Crippen LogP) is 4.42. The summed E-state index contributed by atoms with van der Waals surface area (Å²) in [4.78, 5) is 29.5. The van der Waals surface area contributed by atoms with Gasteiger partial charge in [0, 0.05) is 9.85 Å². The van der Waals surface area contributed by atoms with Crippen LogP contribution in [-0.2, 0) is 4.79 Å². The lowest BCUT2D eigenvalue weighted by Gasteiger charge is -2.21. The number of amides is 2. The van der Waals surface area contributed by atoms with Gasteiger partial charge in [0.2, 0.25) is 5.91 Å². The van der Waals surface area contributed by atoms with E-state index in [1.807, 2.05) is 25.3 Å². The molecule has 1 atom stereocenters. The molecule has 0 bridgehead atoms. The van der Waals surface area contributed by atoms with Crippen molar-refractivity contribution in [3.63, 3.8) is 0 Å². The van der Waals surface area contributed by atoms with Crippen LogP contribution in [0.4, 0.5) is 5.13 Å². The fraction of sp³-hybridized carbons (Fsp3) is 0.389. The van der Waals surface area contributed by atoms with E-state index in [9.17, 15) is 9.59 Å². The van der Waals surface area contributed by atoms with Gasteiger partial charge < -0.3 is 10.6 Å². The summed E-state index contributed by atoms with van der Waals surface area (Å²) < 4.78 is 0.692. The van der Waals surface area contributed by atoms with Crippen LogP contribution in [0.25, 0.3) is 0 Å². The van der Waals surface area contributed by atoms with E-state index < -0.39 is 6.04 Å². The van der Waals surface area contributed by atoms with Crippen LogP contribution in [0.1, 0.15) is 49.7 Å². The van der Waals surface area contributed by atoms with E-state index in [0.29, 0.717) is 21.1 Å². The van der Waals surface area contributed by atoms with Gasteiger partial charge in [0.15, 0.2) is 5.13 Å². The van der Waals surface area contributed by atoms with E-state index in [2.05, 4.69) is 45.4 Å². The Balaban J connectivity index is 2.10. The normalized spacial score (nSPS) is 12.3. The smallest absolute Gasteiger partial charge is 0.253 e. The number of nitrogens with one attached hydrogen (secondary N) is 2. The second kappa shape index (κ2) is 8.58. The maximum Gasteiger partial charge on any atom is 0.253 e.